The predicted molar refractivity (Wildman–Crippen MR) is 71.8 cm³/mol. The molecular formula is C14H15NO4. The summed E-state index contributed by atoms with van der Waals surface area (Å²) in [6.45, 7) is 1.77. The Kier molecular flexibility index (Phi) is 3.29. The number of hydrogen-bond donors (Lipinski definition) is 1. The summed E-state index contributed by atoms with van der Waals surface area (Å²) in [7, 11) is 3.21. The van der Waals surface area contributed by atoms with Crippen molar-refractivity contribution in [2.24, 2.45) is 7.05 Å². The number of nitrogens with zero attached hydrogens (tertiary/aromatic N) is 1. The maximum atomic E-state index is 12.2. The first kappa shape index (κ1) is 13.1. The lowest BCUT2D eigenvalue weighted by molar-refractivity contribution is -0.136. The van der Waals surface area contributed by atoms with Crippen LogP contribution in [0.25, 0.3) is 10.9 Å². The molecule has 0 fully saturated rings. The highest BCUT2D eigenvalue weighted by atomic mass is 16.5. The molecule has 0 aliphatic carbocycles. The quantitative estimate of drug-likeness (QED) is 0.908. The second-order valence-corrected chi connectivity index (χ2v) is 4.42. The number of carbonyl (C=O) groups is 1. The van der Waals surface area contributed by atoms with Gasteiger partial charge in [-0.2, -0.15) is 0 Å². The zero-order valence-corrected chi connectivity index (χ0v) is 11.1. The van der Waals surface area contributed by atoms with Crippen molar-refractivity contribution in [3.05, 3.63) is 39.7 Å². The third-order valence-corrected chi connectivity index (χ3v) is 3.31. The molecule has 0 atom stereocenters. The Hall–Kier alpha value is -2.30. The molecule has 1 heterocycles. The molecule has 0 aliphatic heterocycles. The molecule has 0 saturated heterocycles. The number of aromatic nitrogens is 1. The standard InChI is InChI=1S/C14H15NO4/c1-8-10-6-9(19-3)4-5-12(10)15(2)14(18)11(8)7-13(16)17/h4-6H,7H2,1-3H3,(H,16,17). The molecule has 5 heteroatoms. The highest BCUT2D eigenvalue weighted by Gasteiger charge is 2.15. The minimum Gasteiger partial charge on any atom is -0.497 e. The lowest BCUT2D eigenvalue weighted by Crippen LogP contribution is -2.25. The van der Waals surface area contributed by atoms with Crippen molar-refractivity contribution in [3.8, 4) is 5.75 Å². The van der Waals surface area contributed by atoms with Crippen LogP contribution < -0.4 is 10.3 Å². The van der Waals surface area contributed by atoms with E-state index in [9.17, 15) is 9.59 Å². The zero-order valence-electron chi connectivity index (χ0n) is 11.1. The smallest absolute Gasteiger partial charge is 0.308 e. The molecule has 0 bridgehead atoms. The second-order valence-electron chi connectivity index (χ2n) is 4.42. The van der Waals surface area contributed by atoms with Crippen molar-refractivity contribution in [2.75, 3.05) is 7.11 Å². The molecule has 0 radical (unpaired) electrons. The predicted octanol–water partition coefficient (Wildman–Crippen LogP) is 1.48. The Bertz CT molecular complexity index is 715. The molecule has 0 unspecified atom stereocenters. The van der Waals surface area contributed by atoms with Gasteiger partial charge in [-0.1, -0.05) is 0 Å². The summed E-state index contributed by atoms with van der Waals surface area (Å²) >= 11 is 0. The molecule has 0 saturated carbocycles. The highest BCUT2D eigenvalue weighted by Crippen LogP contribution is 2.24. The SMILES string of the molecule is COc1ccc2c(c1)c(C)c(CC(=O)O)c(=O)n2C. The summed E-state index contributed by atoms with van der Waals surface area (Å²) in [6.07, 6.45) is -0.272. The van der Waals surface area contributed by atoms with Crippen molar-refractivity contribution < 1.29 is 14.6 Å². The summed E-state index contributed by atoms with van der Waals surface area (Å²) in [5.74, 6) is -0.335. The van der Waals surface area contributed by atoms with Gasteiger partial charge in [-0.25, -0.2) is 0 Å². The summed E-state index contributed by atoms with van der Waals surface area (Å²) < 4.78 is 6.64. The second kappa shape index (κ2) is 4.76. The maximum Gasteiger partial charge on any atom is 0.308 e. The van der Waals surface area contributed by atoms with E-state index in [1.807, 2.05) is 6.07 Å². The first-order valence-electron chi connectivity index (χ1n) is 5.83. The van der Waals surface area contributed by atoms with Crippen LogP contribution in [0.5, 0.6) is 5.75 Å². The number of pyridine rings is 1. The minimum atomic E-state index is -1.01. The van der Waals surface area contributed by atoms with Crippen molar-refractivity contribution in [2.45, 2.75) is 13.3 Å². The first-order chi connectivity index (χ1) is 8.95. The molecule has 19 heavy (non-hydrogen) atoms. The molecular weight excluding hydrogens is 246 g/mol. The van der Waals surface area contributed by atoms with E-state index in [1.54, 1.807) is 33.2 Å². The Morgan fingerprint density at radius 1 is 1.42 bits per heavy atom. The van der Waals surface area contributed by atoms with E-state index in [-0.39, 0.29) is 12.0 Å². The Morgan fingerprint density at radius 3 is 2.68 bits per heavy atom. The van der Waals surface area contributed by atoms with Crippen LogP contribution in [0, 0.1) is 6.92 Å². The molecule has 100 valence electrons. The highest BCUT2D eigenvalue weighted by molar-refractivity contribution is 5.86. The van der Waals surface area contributed by atoms with Crippen LogP contribution in [0.15, 0.2) is 23.0 Å². The Morgan fingerprint density at radius 2 is 2.11 bits per heavy atom. The summed E-state index contributed by atoms with van der Waals surface area (Å²) in [6, 6.07) is 5.39. The molecule has 2 rings (SSSR count). The lowest BCUT2D eigenvalue weighted by atomic mass is 10.0. The van der Waals surface area contributed by atoms with Crippen LogP contribution in [0.1, 0.15) is 11.1 Å². The van der Waals surface area contributed by atoms with Crippen LogP contribution in [0.2, 0.25) is 0 Å². The number of carboxylic acids is 1. The van der Waals surface area contributed by atoms with Crippen molar-refractivity contribution in [1.29, 1.82) is 0 Å². The Balaban J connectivity index is 2.84. The number of rotatable bonds is 3. The number of aryl methyl sites for hydroxylation is 2. The van der Waals surface area contributed by atoms with Gasteiger partial charge in [0.15, 0.2) is 0 Å². The molecule has 1 aromatic carbocycles. The van der Waals surface area contributed by atoms with Gasteiger partial charge in [0.1, 0.15) is 5.75 Å². The van der Waals surface area contributed by atoms with Crippen LogP contribution in [-0.2, 0) is 18.3 Å². The molecule has 0 aliphatic rings. The maximum absolute atomic E-state index is 12.2. The van der Waals surface area contributed by atoms with Crippen molar-refractivity contribution in [3.63, 3.8) is 0 Å². The lowest BCUT2D eigenvalue weighted by Gasteiger charge is -2.13. The Labute approximate surface area is 110 Å². The molecule has 1 aromatic heterocycles. The number of carboxylic acid groups (broad SMARTS) is 1. The zero-order chi connectivity index (χ0) is 14.2. The van der Waals surface area contributed by atoms with Gasteiger partial charge < -0.3 is 14.4 Å². The van der Waals surface area contributed by atoms with Gasteiger partial charge in [-0.15, -0.1) is 0 Å². The molecule has 2 aromatic rings. The van der Waals surface area contributed by atoms with Gasteiger partial charge in [0.2, 0.25) is 0 Å². The molecule has 0 amide bonds. The van der Waals surface area contributed by atoms with E-state index in [1.165, 1.54) is 4.57 Å². The van der Waals surface area contributed by atoms with Crippen molar-refractivity contribution >= 4 is 16.9 Å². The fourth-order valence-corrected chi connectivity index (χ4v) is 2.23. The first-order valence-corrected chi connectivity index (χ1v) is 5.83. The third kappa shape index (κ3) is 2.19. The van der Waals surface area contributed by atoms with E-state index < -0.39 is 5.97 Å². The van der Waals surface area contributed by atoms with Gasteiger partial charge in [-0.3, -0.25) is 9.59 Å². The number of ether oxygens (including phenoxy) is 1. The van der Waals surface area contributed by atoms with E-state index in [0.717, 1.165) is 10.9 Å². The van der Waals surface area contributed by atoms with Gasteiger partial charge in [0.25, 0.3) is 5.56 Å². The third-order valence-electron chi connectivity index (χ3n) is 3.31. The van der Waals surface area contributed by atoms with E-state index in [0.29, 0.717) is 16.9 Å². The van der Waals surface area contributed by atoms with E-state index in [4.69, 9.17) is 9.84 Å². The number of fused-ring (bicyclic) bond motifs is 1. The van der Waals surface area contributed by atoms with E-state index in [2.05, 4.69) is 0 Å². The van der Waals surface area contributed by atoms with Gasteiger partial charge in [0.05, 0.1) is 19.0 Å². The number of benzene rings is 1. The van der Waals surface area contributed by atoms with Gasteiger partial charge in [-0.05, 0) is 30.7 Å². The largest absolute Gasteiger partial charge is 0.497 e. The van der Waals surface area contributed by atoms with Crippen LogP contribution >= 0.6 is 0 Å². The van der Waals surface area contributed by atoms with Gasteiger partial charge in [0, 0.05) is 18.0 Å². The summed E-state index contributed by atoms with van der Waals surface area (Å²) in [5.41, 5.74) is 1.50. The average molecular weight is 261 g/mol. The van der Waals surface area contributed by atoms with E-state index >= 15 is 0 Å². The normalized spacial score (nSPS) is 10.7. The van der Waals surface area contributed by atoms with Crippen LogP contribution in [-0.4, -0.2) is 22.8 Å². The molecule has 0 spiro atoms. The topological polar surface area (TPSA) is 68.5 Å². The average Bonchev–Trinajstić information content (AvgIpc) is 2.40. The fourth-order valence-electron chi connectivity index (χ4n) is 2.23. The van der Waals surface area contributed by atoms with Crippen LogP contribution in [0.3, 0.4) is 0 Å². The fraction of sp³-hybridized carbons (Fsp3) is 0.286. The minimum absolute atomic E-state index is 0.266. The number of aliphatic carboxylic acids is 1. The molecule has 1 N–H and O–H groups in total. The van der Waals surface area contributed by atoms with Crippen molar-refractivity contribution in [1.82, 2.24) is 4.57 Å². The number of hydrogen-bond acceptors (Lipinski definition) is 3. The number of methoxy groups -OCH3 is 1. The summed E-state index contributed by atoms with van der Waals surface area (Å²) in [4.78, 5) is 23.0. The monoisotopic (exact) mass is 261 g/mol. The van der Waals surface area contributed by atoms with Gasteiger partial charge >= 0.3 is 5.97 Å². The van der Waals surface area contributed by atoms with Crippen LogP contribution in [0.4, 0.5) is 0 Å². The molecule has 5 nitrogen and oxygen atoms in total. The summed E-state index contributed by atoms with van der Waals surface area (Å²) in [5, 5.41) is 9.74.